The quantitative estimate of drug-likeness (QED) is 0.842. The summed E-state index contributed by atoms with van der Waals surface area (Å²) in [5.74, 6) is 2.13. The molecule has 4 aliphatic rings. The number of amides is 1. The lowest BCUT2D eigenvalue weighted by Crippen LogP contribution is -2.49. The van der Waals surface area contributed by atoms with Crippen LogP contribution in [-0.2, 0) is 4.79 Å². The Bertz CT molecular complexity index is 795. The summed E-state index contributed by atoms with van der Waals surface area (Å²) in [5.41, 5.74) is 3.23. The average molecular weight is 352 g/mol. The van der Waals surface area contributed by atoms with E-state index in [-0.39, 0.29) is 16.7 Å². The van der Waals surface area contributed by atoms with Gasteiger partial charge >= 0.3 is 0 Å². The molecule has 5 rings (SSSR count). The van der Waals surface area contributed by atoms with Crippen molar-refractivity contribution in [2.45, 2.75) is 52.4 Å². The van der Waals surface area contributed by atoms with E-state index in [9.17, 15) is 4.79 Å². The molecule has 2 saturated carbocycles. The lowest BCUT2D eigenvalue weighted by Gasteiger charge is -2.56. The van der Waals surface area contributed by atoms with Crippen LogP contribution in [0.3, 0.4) is 0 Å². The minimum absolute atomic E-state index is 0.0802. The van der Waals surface area contributed by atoms with Crippen molar-refractivity contribution < 1.29 is 4.79 Å². The largest absolute Gasteiger partial charge is 0.356 e. The second kappa shape index (κ2) is 5.54. The predicted octanol–water partition coefficient (Wildman–Crippen LogP) is 3.42. The van der Waals surface area contributed by atoms with Gasteiger partial charge in [0.1, 0.15) is 0 Å². The van der Waals surface area contributed by atoms with Gasteiger partial charge in [-0.1, -0.05) is 30.7 Å². The van der Waals surface area contributed by atoms with Gasteiger partial charge in [0.05, 0.1) is 18.1 Å². The Morgan fingerprint density at radius 1 is 1.19 bits per heavy atom. The van der Waals surface area contributed by atoms with E-state index in [0.717, 1.165) is 25.8 Å². The van der Waals surface area contributed by atoms with Gasteiger partial charge < -0.3 is 5.32 Å². The van der Waals surface area contributed by atoms with Crippen molar-refractivity contribution in [1.82, 2.24) is 20.3 Å². The molecule has 0 aromatic carbocycles. The van der Waals surface area contributed by atoms with Gasteiger partial charge in [-0.2, -0.15) is 0 Å². The van der Waals surface area contributed by atoms with Gasteiger partial charge in [0.2, 0.25) is 5.91 Å². The van der Waals surface area contributed by atoms with E-state index < -0.39 is 0 Å². The first-order chi connectivity index (χ1) is 12.5. The van der Waals surface area contributed by atoms with E-state index in [4.69, 9.17) is 0 Å². The fourth-order valence-electron chi connectivity index (χ4n) is 6.67. The van der Waals surface area contributed by atoms with E-state index >= 15 is 0 Å². The SMILES string of the molecule is C[C@]12CCC3[C@@H](CCC4CC(=O)NCC[C@@]43C)C1=CC=C2n1ccnn1. The summed E-state index contributed by atoms with van der Waals surface area (Å²) in [5, 5.41) is 11.4. The average Bonchev–Trinajstić information content (AvgIpc) is 3.20. The highest BCUT2D eigenvalue weighted by molar-refractivity contribution is 5.76. The van der Waals surface area contributed by atoms with Crippen LogP contribution < -0.4 is 5.32 Å². The molecule has 1 aliphatic heterocycles. The molecule has 1 saturated heterocycles. The number of allylic oxidation sites excluding steroid dienone is 4. The van der Waals surface area contributed by atoms with Crippen molar-refractivity contribution >= 4 is 11.6 Å². The standard InChI is InChI=1S/C21H28N4O/c1-20-9-10-22-19(26)13-14(20)3-4-15-16-5-6-18(25-12-11-23-24-25)21(16,2)8-7-17(15)20/h5-6,11-12,14-15,17H,3-4,7-10,13H2,1-2H3,(H,22,26)/t14?,15-,17?,20-,21-/m0/s1. The summed E-state index contributed by atoms with van der Waals surface area (Å²) >= 11 is 0. The third kappa shape index (κ3) is 2.12. The molecular weight excluding hydrogens is 324 g/mol. The minimum atomic E-state index is 0.0802. The van der Waals surface area contributed by atoms with Crippen molar-refractivity contribution in [1.29, 1.82) is 0 Å². The maximum Gasteiger partial charge on any atom is 0.220 e. The van der Waals surface area contributed by atoms with E-state index in [1.165, 1.54) is 25.0 Å². The first kappa shape index (κ1) is 16.3. The fraction of sp³-hybridized carbons (Fsp3) is 0.667. The Balaban J connectivity index is 1.47. The van der Waals surface area contributed by atoms with Crippen LogP contribution in [-0.4, -0.2) is 27.4 Å². The van der Waals surface area contributed by atoms with Crippen molar-refractivity contribution in [2.24, 2.45) is 28.6 Å². The van der Waals surface area contributed by atoms with Crippen LogP contribution in [0, 0.1) is 28.6 Å². The van der Waals surface area contributed by atoms with Gasteiger partial charge in [-0.25, -0.2) is 4.68 Å². The molecule has 2 heterocycles. The Kier molecular flexibility index (Phi) is 3.47. The normalized spacial score (nSPS) is 41.9. The molecule has 0 spiro atoms. The van der Waals surface area contributed by atoms with Crippen LogP contribution in [0.15, 0.2) is 30.1 Å². The maximum atomic E-state index is 12.1. The first-order valence-electron chi connectivity index (χ1n) is 10.1. The number of carbonyl (C=O) groups excluding carboxylic acids is 1. The summed E-state index contributed by atoms with van der Waals surface area (Å²) in [4.78, 5) is 12.1. The Hall–Kier alpha value is -1.91. The number of aromatic nitrogens is 3. The molecule has 1 aromatic rings. The zero-order valence-corrected chi connectivity index (χ0v) is 15.7. The van der Waals surface area contributed by atoms with E-state index in [0.29, 0.717) is 17.8 Å². The number of hydrogen-bond acceptors (Lipinski definition) is 3. The van der Waals surface area contributed by atoms with Crippen molar-refractivity contribution in [3.63, 3.8) is 0 Å². The molecule has 5 heteroatoms. The van der Waals surface area contributed by atoms with Gasteiger partial charge in [-0.3, -0.25) is 4.79 Å². The zero-order chi connectivity index (χ0) is 17.9. The van der Waals surface area contributed by atoms with Crippen molar-refractivity contribution in [3.8, 4) is 0 Å². The lowest BCUT2D eigenvalue weighted by atomic mass is 9.48. The van der Waals surface area contributed by atoms with Gasteiger partial charge in [0, 0.05) is 18.4 Å². The topological polar surface area (TPSA) is 59.8 Å². The third-order valence-corrected chi connectivity index (χ3v) is 8.16. The fourth-order valence-corrected chi connectivity index (χ4v) is 6.67. The minimum Gasteiger partial charge on any atom is -0.356 e. The van der Waals surface area contributed by atoms with Gasteiger partial charge in [-0.15, -0.1) is 5.10 Å². The molecule has 138 valence electrons. The molecular formula is C21H28N4O. The van der Waals surface area contributed by atoms with Crippen LogP contribution in [0.5, 0.6) is 0 Å². The molecule has 5 atom stereocenters. The van der Waals surface area contributed by atoms with Crippen molar-refractivity contribution in [3.05, 3.63) is 30.1 Å². The second-order valence-electron chi connectivity index (χ2n) is 9.19. The number of carbonyl (C=O) groups is 1. The molecule has 1 N–H and O–H groups in total. The first-order valence-corrected chi connectivity index (χ1v) is 10.1. The summed E-state index contributed by atoms with van der Waals surface area (Å²) in [7, 11) is 0. The lowest BCUT2D eigenvalue weighted by molar-refractivity contribution is -0.123. The zero-order valence-electron chi connectivity index (χ0n) is 15.7. The van der Waals surface area contributed by atoms with Crippen LogP contribution in [0.1, 0.15) is 52.4 Å². The third-order valence-electron chi connectivity index (χ3n) is 8.16. The van der Waals surface area contributed by atoms with Crippen LogP contribution in [0.4, 0.5) is 0 Å². The van der Waals surface area contributed by atoms with E-state index in [1.54, 1.807) is 11.8 Å². The summed E-state index contributed by atoms with van der Waals surface area (Å²) in [6.07, 6.45) is 15.0. The smallest absolute Gasteiger partial charge is 0.220 e. The number of nitrogens with zero attached hydrogens (tertiary/aromatic N) is 3. The number of hydrogen-bond donors (Lipinski definition) is 1. The second-order valence-corrected chi connectivity index (χ2v) is 9.19. The number of fused-ring (bicyclic) bond motifs is 5. The summed E-state index contributed by atoms with van der Waals surface area (Å²) < 4.78 is 1.95. The Morgan fingerprint density at radius 2 is 2.08 bits per heavy atom. The molecule has 0 bridgehead atoms. The molecule has 0 radical (unpaired) electrons. The highest BCUT2D eigenvalue weighted by atomic mass is 16.1. The molecule has 2 unspecified atom stereocenters. The molecule has 3 aliphatic carbocycles. The monoisotopic (exact) mass is 352 g/mol. The number of rotatable bonds is 1. The summed E-state index contributed by atoms with van der Waals surface area (Å²) in [6, 6.07) is 0. The summed E-state index contributed by atoms with van der Waals surface area (Å²) in [6.45, 7) is 5.70. The molecule has 1 aromatic heterocycles. The highest BCUT2D eigenvalue weighted by Crippen LogP contribution is 2.64. The van der Waals surface area contributed by atoms with Gasteiger partial charge in [0.25, 0.3) is 0 Å². The molecule has 26 heavy (non-hydrogen) atoms. The van der Waals surface area contributed by atoms with Gasteiger partial charge in [-0.05, 0) is 61.3 Å². The predicted molar refractivity (Wildman–Crippen MR) is 99.8 cm³/mol. The molecule has 1 amide bonds. The van der Waals surface area contributed by atoms with Crippen LogP contribution in [0.25, 0.3) is 5.70 Å². The van der Waals surface area contributed by atoms with E-state index in [2.05, 4.69) is 41.6 Å². The van der Waals surface area contributed by atoms with Gasteiger partial charge in [0.15, 0.2) is 0 Å². The Morgan fingerprint density at radius 3 is 2.88 bits per heavy atom. The van der Waals surface area contributed by atoms with E-state index in [1.807, 2.05) is 10.9 Å². The van der Waals surface area contributed by atoms with Crippen LogP contribution >= 0.6 is 0 Å². The molecule has 3 fully saturated rings. The Labute approximate surface area is 154 Å². The van der Waals surface area contributed by atoms with Crippen molar-refractivity contribution in [2.75, 3.05) is 6.54 Å². The number of nitrogens with one attached hydrogen (secondary N) is 1. The van der Waals surface area contributed by atoms with Crippen LogP contribution in [0.2, 0.25) is 0 Å². The molecule has 5 nitrogen and oxygen atoms in total. The maximum absolute atomic E-state index is 12.1. The highest BCUT2D eigenvalue weighted by Gasteiger charge is 2.56.